The molecule has 2 N–H and O–H groups in total. The first kappa shape index (κ1) is 16.6. The quantitative estimate of drug-likeness (QED) is 0.833. The minimum absolute atomic E-state index is 0.141. The summed E-state index contributed by atoms with van der Waals surface area (Å²) in [6.45, 7) is 6.06. The number of carbonyl (C=O) groups excluding carboxylic acids is 2. The van der Waals surface area contributed by atoms with Crippen LogP contribution in [0.1, 0.15) is 50.0 Å². The molecule has 1 atom stereocenters. The molecule has 0 aromatic carbocycles. The molecule has 3 aliphatic rings. The molecule has 136 valence electrons. The summed E-state index contributed by atoms with van der Waals surface area (Å²) in [7, 11) is 0. The monoisotopic (exact) mass is 345 g/mol. The maximum Gasteiger partial charge on any atom is 0.246 e. The van der Waals surface area contributed by atoms with E-state index in [9.17, 15) is 9.59 Å². The van der Waals surface area contributed by atoms with Crippen LogP contribution in [0.25, 0.3) is 0 Å². The highest BCUT2D eigenvalue weighted by molar-refractivity contribution is 5.83. The Hall–Kier alpha value is -1.89. The number of nitrogens with one attached hydrogen (secondary N) is 2. The fourth-order valence-electron chi connectivity index (χ4n) is 4.61. The van der Waals surface area contributed by atoms with Gasteiger partial charge >= 0.3 is 0 Å². The van der Waals surface area contributed by atoms with Gasteiger partial charge in [0.15, 0.2) is 0 Å². The lowest BCUT2D eigenvalue weighted by Crippen LogP contribution is -2.54. The Kier molecular flexibility index (Phi) is 4.27. The Morgan fingerprint density at radius 1 is 1.32 bits per heavy atom. The number of rotatable bonds is 2. The molecule has 1 spiro atoms. The molecule has 1 aromatic heterocycles. The first-order valence-electron chi connectivity index (χ1n) is 9.44. The van der Waals surface area contributed by atoms with Gasteiger partial charge in [-0.05, 0) is 31.6 Å². The Morgan fingerprint density at radius 2 is 2.12 bits per heavy atom. The molecular weight excluding hydrogens is 318 g/mol. The van der Waals surface area contributed by atoms with E-state index in [1.54, 1.807) is 6.33 Å². The predicted molar refractivity (Wildman–Crippen MR) is 92.8 cm³/mol. The Morgan fingerprint density at radius 3 is 2.88 bits per heavy atom. The maximum absolute atomic E-state index is 13.0. The van der Waals surface area contributed by atoms with Crippen molar-refractivity contribution in [3.63, 3.8) is 0 Å². The van der Waals surface area contributed by atoms with Gasteiger partial charge in [0.25, 0.3) is 0 Å². The first-order chi connectivity index (χ1) is 12.1. The molecule has 0 aliphatic carbocycles. The van der Waals surface area contributed by atoms with Gasteiger partial charge in [-0.2, -0.15) is 0 Å². The maximum atomic E-state index is 13.0. The van der Waals surface area contributed by atoms with Crippen LogP contribution in [0, 0.1) is 5.41 Å². The van der Waals surface area contributed by atoms with Gasteiger partial charge < -0.3 is 20.1 Å². The standard InChI is InChI=1S/C18H27N5O2/c1-2-22-11-18(5-3-14(22)24)6-9-23(10-7-18)17(25)16-15-13(4-8-19-16)20-12-21-15/h12,16,19H,2-11H2,1H3,(H,20,21)/t16-/m0/s1. The van der Waals surface area contributed by atoms with Crippen molar-refractivity contribution in [3.05, 3.63) is 17.7 Å². The van der Waals surface area contributed by atoms with Gasteiger partial charge in [-0.1, -0.05) is 0 Å². The molecule has 2 fully saturated rings. The number of likely N-dealkylation sites (tertiary alicyclic amines) is 2. The summed E-state index contributed by atoms with van der Waals surface area (Å²) in [5, 5.41) is 3.32. The molecule has 3 aliphatic heterocycles. The van der Waals surface area contributed by atoms with E-state index >= 15 is 0 Å². The van der Waals surface area contributed by atoms with Crippen molar-refractivity contribution < 1.29 is 9.59 Å². The van der Waals surface area contributed by atoms with E-state index in [2.05, 4.69) is 15.3 Å². The Balaban J connectivity index is 1.41. The van der Waals surface area contributed by atoms with Crippen LogP contribution < -0.4 is 5.32 Å². The molecule has 7 nitrogen and oxygen atoms in total. The van der Waals surface area contributed by atoms with Crippen molar-refractivity contribution in [1.29, 1.82) is 0 Å². The van der Waals surface area contributed by atoms with Gasteiger partial charge in [-0.25, -0.2) is 4.98 Å². The number of imidazole rings is 1. The summed E-state index contributed by atoms with van der Waals surface area (Å²) in [5.74, 6) is 0.422. The average Bonchev–Trinajstić information content (AvgIpc) is 3.13. The zero-order valence-electron chi connectivity index (χ0n) is 14.9. The van der Waals surface area contributed by atoms with E-state index < -0.39 is 0 Å². The summed E-state index contributed by atoms with van der Waals surface area (Å²) < 4.78 is 0. The molecule has 4 rings (SSSR count). The normalized spacial score (nSPS) is 26.0. The van der Waals surface area contributed by atoms with Gasteiger partial charge in [-0.15, -0.1) is 0 Å². The highest BCUT2D eigenvalue weighted by Gasteiger charge is 2.42. The number of fused-ring (bicyclic) bond motifs is 1. The van der Waals surface area contributed by atoms with E-state index in [-0.39, 0.29) is 23.3 Å². The van der Waals surface area contributed by atoms with Crippen molar-refractivity contribution in [2.45, 2.75) is 45.1 Å². The third-order valence-electron chi connectivity index (χ3n) is 6.26. The van der Waals surface area contributed by atoms with Crippen LogP contribution in [0.2, 0.25) is 0 Å². The largest absolute Gasteiger partial charge is 0.348 e. The van der Waals surface area contributed by atoms with Gasteiger partial charge in [0, 0.05) is 51.3 Å². The van der Waals surface area contributed by atoms with E-state index in [0.29, 0.717) is 6.42 Å². The number of H-pyrrole nitrogens is 1. The summed E-state index contributed by atoms with van der Waals surface area (Å²) in [6.07, 6.45) is 6.17. The third-order valence-corrected chi connectivity index (χ3v) is 6.26. The number of carbonyl (C=O) groups is 2. The molecule has 2 saturated heterocycles. The second kappa shape index (κ2) is 6.44. The molecule has 2 amide bonds. The highest BCUT2D eigenvalue weighted by atomic mass is 16.2. The molecule has 1 aromatic rings. The van der Waals surface area contributed by atoms with Crippen molar-refractivity contribution in [2.24, 2.45) is 5.41 Å². The van der Waals surface area contributed by atoms with Gasteiger partial charge in [0.2, 0.25) is 11.8 Å². The molecule has 0 unspecified atom stereocenters. The number of amides is 2. The van der Waals surface area contributed by atoms with Crippen molar-refractivity contribution >= 4 is 11.8 Å². The number of hydrogen-bond donors (Lipinski definition) is 2. The second-order valence-corrected chi connectivity index (χ2v) is 7.64. The summed E-state index contributed by atoms with van der Waals surface area (Å²) >= 11 is 0. The van der Waals surface area contributed by atoms with Crippen molar-refractivity contribution in [2.75, 3.05) is 32.7 Å². The predicted octanol–water partition coefficient (Wildman–Crippen LogP) is 0.848. The van der Waals surface area contributed by atoms with Gasteiger partial charge in [-0.3, -0.25) is 9.59 Å². The SMILES string of the molecule is CCN1CC2(CCC1=O)CCN(C(=O)[C@H]1NCCc3[nH]cnc31)CC2. The van der Waals surface area contributed by atoms with Crippen LogP contribution in [-0.4, -0.2) is 64.3 Å². The summed E-state index contributed by atoms with van der Waals surface area (Å²) in [4.78, 5) is 36.4. The Labute approximate surface area is 148 Å². The second-order valence-electron chi connectivity index (χ2n) is 7.64. The zero-order chi connectivity index (χ0) is 17.4. The van der Waals surface area contributed by atoms with Crippen LogP contribution >= 0.6 is 0 Å². The number of nitrogens with zero attached hydrogens (tertiary/aromatic N) is 3. The van der Waals surface area contributed by atoms with E-state index in [1.165, 1.54) is 0 Å². The molecule has 25 heavy (non-hydrogen) atoms. The van der Waals surface area contributed by atoms with Crippen molar-refractivity contribution in [1.82, 2.24) is 25.1 Å². The molecule has 4 heterocycles. The van der Waals surface area contributed by atoms with Crippen LogP contribution in [0.4, 0.5) is 0 Å². The van der Waals surface area contributed by atoms with E-state index in [4.69, 9.17) is 0 Å². The lowest BCUT2D eigenvalue weighted by atomic mass is 9.72. The fourth-order valence-corrected chi connectivity index (χ4v) is 4.61. The van der Waals surface area contributed by atoms with Gasteiger partial charge in [0.1, 0.15) is 6.04 Å². The molecule has 0 saturated carbocycles. The average molecular weight is 345 g/mol. The van der Waals surface area contributed by atoms with Crippen LogP contribution in [0.5, 0.6) is 0 Å². The van der Waals surface area contributed by atoms with Gasteiger partial charge in [0.05, 0.1) is 12.0 Å². The minimum Gasteiger partial charge on any atom is -0.348 e. The number of piperidine rings is 2. The van der Waals surface area contributed by atoms with E-state index in [1.807, 2.05) is 16.7 Å². The first-order valence-corrected chi connectivity index (χ1v) is 9.44. The molecular formula is C18H27N5O2. The lowest BCUT2D eigenvalue weighted by Gasteiger charge is -2.47. The molecule has 0 radical (unpaired) electrons. The fraction of sp³-hybridized carbons (Fsp3) is 0.722. The lowest BCUT2D eigenvalue weighted by molar-refractivity contribution is -0.143. The zero-order valence-corrected chi connectivity index (χ0v) is 14.9. The number of aromatic amines is 1. The molecule has 0 bridgehead atoms. The summed E-state index contributed by atoms with van der Waals surface area (Å²) in [5.41, 5.74) is 2.14. The third kappa shape index (κ3) is 2.94. The highest BCUT2D eigenvalue weighted by Crippen LogP contribution is 2.40. The van der Waals surface area contributed by atoms with E-state index in [0.717, 1.165) is 69.8 Å². The van der Waals surface area contributed by atoms with Crippen LogP contribution in [0.3, 0.4) is 0 Å². The van der Waals surface area contributed by atoms with Crippen molar-refractivity contribution in [3.8, 4) is 0 Å². The summed E-state index contributed by atoms with van der Waals surface area (Å²) in [6, 6.07) is -0.316. The Bertz CT molecular complexity index is 662. The molecule has 7 heteroatoms. The van der Waals surface area contributed by atoms with Crippen LogP contribution in [0.15, 0.2) is 6.33 Å². The smallest absolute Gasteiger partial charge is 0.246 e. The van der Waals surface area contributed by atoms with Crippen LogP contribution in [-0.2, 0) is 16.0 Å². The topological polar surface area (TPSA) is 81.3 Å². The number of aromatic nitrogens is 2. The number of hydrogen-bond acceptors (Lipinski definition) is 4. The minimum atomic E-state index is -0.316.